The van der Waals surface area contributed by atoms with Crippen LogP contribution in [0, 0.1) is 0 Å². The van der Waals surface area contributed by atoms with Crippen LogP contribution in [0.5, 0.6) is 11.5 Å². The maximum absolute atomic E-state index is 12.6. The molecular weight excluding hydrogens is 380 g/mol. The minimum Gasteiger partial charge on any atom is -0.489 e. The second-order valence-electron chi connectivity index (χ2n) is 6.31. The second-order valence-corrected chi connectivity index (χ2v) is 8.98. The van der Waals surface area contributed by atoms with Crippen molar-refractivity contribution in [3.63, 3.8) is 0 Å². The van der Waals surface area contributed by atoms with Crippen molar-refractivity contribution >= 4 is 27.5 Å². The van der Waals surface area contributed by atoms with Gasteiger partial charge < -0.3 is 14.4 Å². The number of halogens is 1. The van der Waals surface area contributed by atoms with Gasteiger partial charge in [-0.3, -0.25) is 4.79 Å². The number of carbonyl (C=O) groups excluding carboxylic acids is 1. The van der Waals surface area contributed by atoms with Gasteiger partial charge in [-0.2, -0.15) is 4.31 Å². The summed E-state index contributed by atoms with van der Waals surface area (Å²) in [6, 6.07) is 3.52. The molecule has 9 heteroatoms. The number of hydrogen-bond acceptors (Lipinski definition) is 5. The average molecular weight is 403 g/mol. The van der Waals surface area contributed by atoms with Crippen molar-refractivity contribution in [3.8, 4) is 11.5 Å². The molecule has 0 saturated carbocycles. The van der Waals surface area contributed by atoms with E-state index < -0.39 is 10.0 Å². The van der Waals surface area contributed by atoms with Crippen molar-refractivity contribution < 1.29 is 22.7 Å². The molecule has 1 aromatic carbocycles. The molecule has 26 heavy (non-hydrogen) atoms. The Kier molecular flexibility index (Phi) is 5.94. The molecule has 0 atom stereocenters. The van der Waals surface area contributed by atoms with Crippen LogP contribution in [0.4, 0.5) is 0 Å². The van der Waals surface area contributed by atoms with E-state index in [-0.39, 0.29) is 18.1 Å². The number of fused-ring (bicyclic) bond motifs is 1. The van der Waals surface area contributed by atoms with E-state index >= 15 is 0 Å². The van der Waals surface area contributed by atoms with E-state index in [9.17, 15) is 13.2 Å². The number of rotatable bonds is 4. The Morgan fingerprint density at radius 3 is 2.54 bits per heavy atom. The van der Waals surface area contributed by atoms with Gasteiger partial charge in [0, 0.05) is 32.6 Å². The summed E-state index contributed by atoms with van der Waals surface area (Å²) in [7, 11) is -3.20. The maximum atomic E-state index is 12.6. The third kappa shape index (κ3) is 4.24. The number of amides is 1. The molecular formula is C17H23ClN2O5S. The van der Waals surface area contributed by atoms with Crippen LogP contribution in [0.3, 0.4) is 0 Å². The highest BCUT2D eigenvalue weighted by molar-refractivity contribution is 7.89. The van der Waals surface area contributed by atoms with Crippen LogP contribution >= 0.6 is 11.6 Å². The quantitative estimate of drug-likeness (QED) is 0.763. The zero-order valence-corrected chi connectivity index (χ0v) is 16.3. The molecule has 2 aliphatic rings. The molecule has 1 saturated heterocycles. The summed E-state index contributed by atoms with van der Waals surface area (Å²) in [6.07, 6.45) is 0.973. The summed E-state index contributed by atoms with van der Waals surface area (Å²) in [5.41, 5.74) is 0.757. The summed E-state index contributed by atoms with van der Waals surface area (Å²) in [4.78, 5) is 14.3. The predicted octanol–water partition coefficient (Wildman–Crippen LogP) is 1.54. The van der Waals surface area contributed by atoms with Gasteiger partial charge in [-0.1, -0.05) is 11.6 Å². The van der Waals surface area contributed by atoms with Gasteiger partial charge in [-0.05, 0) is 24.6 Å². The van der Waals surface area contributed by atoms with E-state index in [1.54, 1.807) is 24.0 Å². The minimum absolute atomic E-state index is 0.0518. The smallest absolute Gasteiger partial charge is 0.227 e. The highest BCUT2D eigenvalue weighted by Gasteiger charge is 2.28. The van der Waals surface area contributed by atoms with Gasteiger partial charge in [-0.25, -0.2) is 8.42 Å². The first-order valence-corrected chi connectivity index (χ1v) is 10.7. The highest BCUT2D eigenvalue weighted by Crippen LogP contribution is 2.38. The van der Waals surface area contributed by atoms with Gasteiger partial charge in [0.05, 0.1) is 30.4 Å². The lowest BCUT2D eigenvalue weighted by Crippen LogP contribution is -2.51. The van der Waals surface area contributed by atoms with E-state index in [2.05, 4.69) is 0 Å². The number of carbonyl (C=O) groups is 1. The Morgan fingerprint density at radius 2 is 1.85 bits per heavy atom. The molecule has 2 heterocycles. The largest absolute Gasteiger partial charge is 0.489 e. The van der Waals surface area contributed by atoms with E-state index in [1.165, 1.54) is 4.31 Å². The number of ether oxygens (including phenoxy) is 2. The lowest BCUT2D eigenvalue weighted by molar-refractivity contribution is -0.131. The Hall–Kier alpha value is -1.51. The fourth-order valence-corrected chi connectivity index (χ4v) is 4.44. The van der Waals surface area contributed by atoms with Gasteiger partial charge in [-0.15, -0.1) is 0 Å². The van der Waals surface area contributed by atoms with Crippen molar-refractivity contribution in [2.24, 2.45) is 0 Å². The van der Waals surface area contributed by atoms with Gasteiger partial charge in [0.15, 0.2) is 11.5 Å². The topological polar surface area (TPSA) is 76.2 Å². The lowest BCUT2D eigenvalue weighted by atomic mass is 10.1. The molecule has 0 unspecified atom stereocenters. The molecule has 1 fully saturated rings. The Balaban J connectivity index is 1.64. The third-order valence-electron chi connectivity index (χ3n) is 4.57. The lowest BCUT2D eigenvalue weighted by Gasteiger charge is -2.34. The zero-order valence-electron chi connectivity index (χ0n) is 14.7. The molecule has 3 rings (SSSR count). The molecule has 7 nitrogen and oxygen atoms in total. The number of hydrogen-bond donors (Lipinski definition) is 0. The highest BCUT2D eigenvalue weighted by atomic mass is 35.5. The summed E-state index contributed by atoms with van der Waals surface area (Å²) in [6.45, 7) is 4.20. The second kappa shape index (κ2) is 8.02. The molecule has 1 amide bonds. The molecule has 0 radical (unpaired) electrons. The van der Waals surface area contributed by atoms with Crippen LogP contribution in [-0.4, -0.2) is 68.7 Å². The van der Waals surface area contributed by atoms with E-state index in [0.29, 0.717) is 55.9 Å². The van der Waals surface area contributed by atoms with Crippen LogP contribution in [-0.2, 0) is 21.2 Å². The van der Waals surface area contributed by atoms with Crippen molar-refractivity contribution in [2.45, 2.75) is 19.8 Å². The van der Waals surface area contributed by atoms with Crippen molar-refractivity contribution in [1.82, 2.24) is 9.21 Å². The molecule has 144 valence electrons. The minimum atomic E-state index is -3.20. The van der Waals surface area contributed by atoms with Gasteiger partial charge in [0.2, 0.25) is 15.9 Å². The first kappa shape index (κ1) is 19.3. The molecule has 0 bridgehead atoms. The number of piperazine rings is 1. The number of nitrogens with zero attached hydrogens (tertiary/aromatic N) is 2. The number of sulfonamides is 1. The monoisotopic (exact) mass is 402 g/mol. The summed E-state index contributed by atoms with van der Waals surface area (Å²) in [5, 5.41) is 0.436. The molecule has 0 spiro atoms. The van der Waals surface area contributed by atoms with E-state index in [1.807, 2.05) is 0 Å². The van der Waals surface area contributed by atoms with Crippen molar-refractivity contribution in [2.75, 3.05) is 45.1 Å². The third-order valence-corrected chi connectivity index (χ3v) is 6.73. The van der Waals surface area contributed by atoms with Crippen LogP contribution in [0.1, 0.15) is 18.9 Å². The SMILES string of the molecule is CCS(=O)(=O)N1CCN(C(=O)Cc2cc(Cl)c3c(c2)OCCCO3)CC1. The Morgan fingerprint density at radius 1 is 1.15 bits per heavy atom. The standard InChI is InChI=1S/C17H23ClN2O5S/c1-2-26(22,23)20-6-4-19(5-7-20)16(21)12-13-10-14(18)17-15(11-13)24-8-3-9-25-17/h10-11H,2-9,12H2,1H3. The van der Waals surface area contributed by atoms with Crippen molar-refractivity contribution in [1.29, 1.82) is 0 Å². The summed E-state index contributed by atoms with van der Waals surface area (Å²) >= 11 is 6.27. The predicted molar refractivity (Wildman–Crippen MR) is 98.4 cm³/mol. The fourth-order valence-electron chi connectivity index (χ4n) is 3.07. The van der Waals surface area contributed by atoms with Crippen LogP contribution in [0.15, 0.2) is 12.1 Å². The maximum Gasteiger partial charge on any atom is 0.227 e. The van der Waals surface area contributed by atoms with Crippen molar-refractivity contribution in [3.05, 3.63) is 22.7 Å². The van der Waals surface area contributed by atoms with E-state index in [0.717, 1.165) is 12.0 Å². The van der Waals surface area contributed by atoms with Gasteiger partial charge in [0.1, 0.15) is 0 Å². The van der Waals surface area contributed by atoms with Gasteiger partial charge >= 0.3 is 0 Å². The molecule has 0 N–H and O–H groups in total. The molecule has 1 aromatic rings. The Labute approximate surface area is 158 Å². The number of benzene rings is 1. The molecule has 2 aliphatic heterocycles. The Bertz CT molecular complexity index is 776. The first-order valence-electron chi connectivity index (χ1n) is 8.74. The normalized spacial score (nSPS) is 18.5. The average Bonchev–Trinajstić information content (AvgIpc) is 2.87. The van der Waals surface area contributed by atoms with Crippen LogP contribution < -0.4 is 9.47 Å². The van der Waals surface area contributed by atoms with Gasteiger partial charge in [0.25, 0.3) is 0 Å². The van der Waals surface area contributed by atoms with Crippen LogP contribution in [0.25, 0.3) is 0 Å². The van der Waals surface area contributed by atoms with E-state index in [4.69, 9.17) is 21.1 Å². The fraction of sp³-hybridized carbons (Fsp3) is 0.588. The molecule has 0 aliphatic carbocycles. The molecule has 0 aromatic heterocycles. The zero-order chi connectivity index (χ0) is 18.7. The summed E-state index contributed by atoms with van der Waals surface area (Å²) in [5.74, 6) is 1.12. The van der Waals surface area contributed by atoms with Crippen LogP contribution in [0.2, 0.25) is 5.02 Å². The first-order chi connectivity index (χ1) is 12.4. The summed E-state index contributed by atoms with van der Waals surface area (Å²) < 4.78 is 36.5.